The van der Waals surface area contributed by atoms with Gasteiger partial charge in [0.05, 0.1) is 12.1 Å². The van der Waals surface area contributed by atoms with Gasteiger partial charge in [-0.3, -0.25) is 0 Å². The molecule has 0 aliphatic rings. The van der Waals surface area contributed by atoms with Gasteiger partial charge in [0.15, 0.2) is 0 Å². The fourth-order valence-corrected chi connectivity index (χ4v) is 0. The predicted octanol–water partition coefficient (Wildman–Crippen LogP) is 2.33. The van der Waals surface area contributed by atoms with Crippen LogP contribution in [0.3, 0.4) is 0 Å². The third-order valence-electron chi connectivity index (χ3n) is 0.516. The van der Waals surface area contributed by atoms with Crippen LogP contribution in [0.5, 0.6) is 0 Å². The van der Waals surface area contributed by atoms with Crippen LogP contribution in [0, 0.1) is 72.2 Å². The Morgan fingerprint density at radius 3 is 0.909 bits per heavy atom. The Kier molecular flexibility index (Phi) is 20.3. The maximum atomic E-state index is 7.89. The maximum Gasteiger partial charge on any atom is 0.0649 e. The van der Waals surface area contributed by atoms with Crippen LogP contribution in [0.15, 0.2) is 0 Å². The van der Waals surface area contributed by atoms with Gasteiger partial charge in [0.1, 0.15) is 0 Å². The van der Waals surface area contributed by atoms with Crippen LogP contribution >= 0.6 is 0 Å². The van der Waals surface area contributed by atoms with Crippen molar-refractivity contribution in [3.05, 3.63) is 0 Å². The molecule has 11 heavy (non-hydrogen) atoms. The minimum absolute atomic E-state index is 0. The smallest absolute Gasteiger partial charge is 0.0649 e. The molecule has 0 aromatic rings. The molecular weight excluding hydrogens is 164 g/mol. The van der Waals surface area contributed by atoms with Crippen LogP contribution in [0.25, 0.3) is 0 Å². The van der Waals surface area contributed by atoms with E-state index < -0.39 is 0 Å². The molecule has 0 aliphatic carbocycles. The Labute approximate surface area is 99.2 Å². The van der Waals surface area contributed by atoms with Gasteiger partial charge in [0.25, 0.3) is 0 Å². The van der Waals surface area contributed by atoms with Crippen LogP contribution in [0.2, 0.25) is 0 Å². The van der Waals surface area contributed by atoms with Crippen molar-refractivity contribution in [2.24, 2.45) is 11.8 Å². The van der Waals surface area contributed by atoms with E-state index >= 15 is 0 Å². The molecule has 0 radical (unpaired) electrons. The summed E-state index contributed by atoms with van der Waals surface area (Å²) in [7, 11) is 0. The molecule has 0 spiro atoms. The average Bonchev–Trinajstić information content (AvgIpc) is 1.89. The van der Waals surface area contributed by atoms with Crippen molar-refractivity contribution in [2.75, 3.05) is 0 Å². The molecule has 0 aliphatic heterocycles. The van der Waals surface area contributed by atoms with Crippen molar-refractivity contribution in [3.63, 3.8) is 0 Å². The molecule has 0 amide bonds. The first-order valence-corrected chi connectivity index (χ1v) is 3.33. The van der Waals surface area contributed by atoms with Crippen LogP contribution in [0.4, 0.5) is 0 Å². The topological polar surface area (TPSA) is 47.6 Å². The number of rotatable bonds is 0. The van der Waals surface area contributed by atoms with Crippen LogP contribution < -0.4 is 0 Å². The van der Waals surface area contributed by atoms with Crippen molar-refractivity contribution < 1.29 is 37.7 Å². The summed E-state index contributed by atoms with van der Waals surface area (Å²) in [5.74, 6) is 0.380. The van der Waals surface area contributed by atoms with E-state index in [1.807, 2.05) is 39.8 Å². The monoisotopic (exact) mass is 178 g/mol. The van der Waals surface area contributed by atoms with E-state index in [0.29, 0.717) is 0 Å². The SMILES string of the molecule is CC(C)C#N.CC(C)C#N.[Ar]. The van der Waals surface area contributed by atoms with Gasteiger partial charge in [-0.2, -0.15) is 10.5 Å². The second-order valence-electron chi connectivity index (χ2n) is 2.57. The molecule has 0 unspecified atom stereocenters. The Hall–Kier alpha value is 0.240. The molecular formula is C8H14ArN2. The zero-order valence-electron chi connectivity index (χ0n) is 7.40. The Bertz CT molecular complexity index is 121. The first-order valence-electron chi connectivity index (χ1n) is 3.33. The molecule has 0 bridgehead atoms. The summed E-state index contributed by atoms with van der Waals surface area (Å²) in [5.41, 5.74) is 0. The van der Waals surface area contributed by atoms with Crippen LogP contribution in [-0.4, -0.2) is 0 Å². The molecule has 3 heteroatoms. The van der Waals surface area contributed by atoms with E-state index in [9.17, 15) is 0 Å². The van der Waals surface area contributed by atoms with Crippen molar-refractivity contribution in [3.8, 4) is 12.1 Å². The van der Waals surface area contributed by atoms with E-state index in [4.69, 9.17) is 10.5 Å². The molecule has 0 atom stereocenters. The Morgan fingerprint density at radius 2 is 0.909 bits per heavy atom. The summed E-state index contributed by atoms with van der Waals surface area (Å²) >= 11 is 0. The third kappa shape index (κ3) is 38.7. The molecule has 0 heterocycles. The molecule has 0 aromatic carbocycles. The van der Waals surface area contributed by atoms with E-state index in [0.717, 1.165) is 0 Å². The van der Waals surface area contributed by atoms with Crippen LogP contribution in [0.1, 0.15) is 27.7 Å². The minimum Gasteiger partial charge on any atom is -0.198 e. The predicted molar refractivity (Wildman–Crippen MR) is 40.9 cm³/mol. The van der Waals surface area contributed by atoms with Gasteiger partial charge in [-0.15, -0.1) is 0 Å². The fourth-order valence-electron chi connectivity index (χ4n) is 0. The van der Waals surface area contributed by atoms with Gasteiger partial charge < -0.3 is 0 Å². The number of nitrogens with zero attached hydrogens (tertiary/aromatic N) is 2. The molecule has 2 nitrogen and oxygen atoms in total. The summed E-state index contributed by atoms with van der Waals surface area (Å²) in [5, 5.41) is 15.8. The summed E-state index contributed by atoms with van der Waals surface area (Å²) in [6.45, 7) is 7.44. The summed E-state index contributed by atoms with van der Waals surface area (Å²) in [6, 6.07) is 4.06. The molecule has 0 N–H and O–H groups in total. The zero-order chi connectivity index (χ0) is 8.57. The standard InChI is InChI=1S/2C4H7N.Ar/c2*1-4(2)3-5;/h2*4H,1-2H3;. The van der Waals surface area contributed by atoms with Gasteiger partial charge in [-0.1, -0.05) is 0 Å². The van der Waals surface area contributed by atoms with Crippen molar-refractivity contribution >= 4 is 0 Å². The number of hydrogen-bond donors (Lipinski definition) is 0. The molecule has 0 aromatic heterocycles. The van der Waals surface area contributed by atoms with E-state index in [1.165, 1.54) is 0 Å². The third-order valence-corrected chi connectivity index (χ3v) is 0.516. The second-order valence-corrected chi connectivity index (χ2v) is 2.57. The molecule has 0 saturated heterocycles. The normalized spacial score (nSPS) is 6.91. The zero-order valence-corrected chi connectivity index (χ0v) is 8.11. The van der Waals surface area contributed by atoms with E-state index in [1.54, 1.807) is 0 Å². The minimum atomic E-state index is 0. The molecule has 64 valence electrons. The van der Waals surface area contributed by atoms with E-state index in [-0.39, 0.29) is 49.6 Å². The van der Waals surface area contributed by atoms with E-state index in [2.05, 4.69) is 0 Å². The van der Waals surface area contributed by atoms with Crippen molar-refractivity contribution in [2.45, 2.75) is 27.7 Å². The van der Waals surface area contributed by atoms with Crippen molar-refractivity contribution in [1.82, 2.24) is 0 Å². The molecule has 0 saturated carbocycles. The second kappa shape index (κ2) is 12.9. The number of nitriles is 2. The number of hydrogen-bond acceptors (Lipinski definition) is 2. The van der Waals surface area contributed by atoms with Gasteiger partial charge in [0.2, 0.25) is 0 Å². The Morgan fingerprint density at radius 1 is 0.818 bits per heavy atom. The summed E-state index contributed by atoms with van der Waals surface area (Å²) < 4.78 is 0. The largest absolute Gasteiger partial charge is 0.198 e. The van der Waals surface area contributed by atoms with Gasteiger partial charge in [-0.25, -0.2) is 0 Å². The first kappa shape index (κ1) is 17.4. The Balaban J connectivity index is -0.000000107. The van der Waals surface area contributed by atoms with Gasteiger partial charge in [0, 0.05) is 49.6 Å². The van der Waals surface area contributed by atoms with Gasteiger partial charge >= 0.3 is 0 Å². The molecule has 0 fully saturated rings. The van der Waals surface area contributed by atoms with Crippen molar-refractivity contribution in [1.29, 1.82) is 10.5 Å². The average molecular weight is 178 g/mol. The van der Waals surface area contributed by atoms with Crippen LogP contribution in [-0.2, 0) is 0 Å². The fraction of sp³-hybridized carbons (Fsp3) is 0.750. The summed E-state index contributed by atoms with van der Waals surface area (Å²) in [4.78, 5) is 0. The van der Waals surface area contributed by atoms with Gasteiger partial charge in [-0.05, 0) is 27.7 Å². The molecule has 0 rings (SSSR count). The maximum absolute atomic E-state index is 7.89. The summed E-state index contributed by atoms with van der Waals surface area (Å²) in [6.07, 6.45) is 0. The first-order chi connectivity index (χ1) is 4.54. The quantitative estimate of drug-likeness (QED) is 0.571.